The maximum Gasteiger partial charge on any atom is 0.0902 e. The molecule has 0 atom stereocenters. The molecule has 0 radical (unpaired) electrons. The third-order valence-electron chi connectivity index (χ3n) is 5.17. The van der Waals surface area contributed by atoms with Crippen LogP contribution >= 0.6 is 0 Å². The fourth-order valence-corrected chi connectivity index (χ4v) is 3.90. The summed E-state index contributed by atoms with van der Waals surface area (Å²) in [5, 5.41) is 13.7. The second-order valence-corrected chi connectivity index (χ2v) is 6.70. The molecule has 0 heterocycles. The largest absolute Gasteiger partial charge is 0.385 e. The van der Waals surface area contributed by atoms with E-state index in [1.54, 1.807) is 0 Å². The summed E-state index contributed by atoms with van der Waals surface area (Å²) in [5.74, 6) is 0. The second-order valence-electron chi connectivity index (χ2n) is 6.70. The molecule has 116 valence electrons. The van der Waals surface area contributed by atoms with Crippen molar-refractivity contribution in [2.75, 3.05) is 0 Å². The van der Waals surface area contributed by atoms with E-state index in [0.717, 1.165) is 31.2 Å². The normalized spacial score (nSPS) is 17.3. The Morgan fingerprint density at radius 1 is 0.696 bits per heavy atom. The van der Waals surface area contributed by atoms with Gasteiger partial charge in [-0.25, -0.2) is 0 Å². The maximum absolute atomic E-state index is 11.2. The number of hydrogen-bond donors (Lipinski definition) is 1. The Kier molecular flexibility index (Phi) is 3.66. The standard InChI is InChI=1S/C22H22O/c23-22(14-6-1-7-15-22)21-11-5-4-10-20(21)19-13-12-17-8-2-3-9-18(17)16-19/h2-5,8-13,16,23H,1,6-7,14-15H2. The van der Waals surface area contributed by atoms with Gasteiger partial charge in [-0.15, -0.1) is 0 Å². The van der Waals surface area contributed by atoms with Gasteiger partial charge in [0.25, 0.3) is 0 Å². The van der Waals surface area contributed by atoms with Gasteiger partial charge in [0.15, 0.2) is 0 Å². The van der Waals surface area contributed by atoms with Crippen molar-refractivity contribution < 1.29 is 5.11 Å². The lowest BCUT2D eigenvalue weighted by Gasteiger charge is -2.34. The fourth-order valence-electron chi connectivity index (χ4n) is 3.90. The molecule has 1 saturated carbocycles. The summed E-state index contributed by atoms with van der Waals surface area (Å²) in [6, 6.07) is 23.4. The topological polar surface area (TPSA) is 20.2 Å². The zero-order valence-electron chi connectivity index (χ0n) is 13.3. The predicted molar refractivity (Wildman–Crippen MR) is 96.4 cm³/mol. The van der Waals surface area contributed by atoms with E-state index in [1.165, 1.54) is 28.3 Å². The maximum atomic E-state index is 11.2. The van der Waals surface area contributed by atoms with Gasteiger partial charge in [0, 0.05) is 0 Å². The van der Waals surface area contributed by atoms with Gasteiger partial charge in [0.05, 0.1) is 5.60 Å². The Bertz CT molecular complexity index is 828. The average Bonchev–Trinajstić information content (AvgIpc) is 2.62. The quantitative estimate of drug-likeness (QED) is 0.647. The molecule has 1 aliphatic carbocycles. The smallest absolute Gasteiger partial charge is 0.0902 e. The third-order valence-corrected chi connectivity index (χ3v) is 5.17. The number of benzene rings is 3. The van der Waals surface area contributed by atoms with Crippen molar-refractivity contribution in [2.24, 2.45) is 0 Å². The first-order chi connectivity index (χ1) is 11.3. The van der Waals surface area contributed by atoms with Gasteiger partial charge in [0.1, 0.15) is 0 Å². The molecule has 1 heteroatoms. The van der Waals surface area contributed by atoms with E-state index in [-0.39, 0.29) is 0 Å². The van der Waals surface area contributed by atoms with Crippen molar-refractivity contribution in [2.45, 2.75) is 37.7 Å². The van der Waals surface area contributed by atoms with E-state index in [4.69, 9.17) is 0 Å². The molecule has 3 aromatic rings. The molecule has 0 bridgehead atoms. The van der Waals surface area contributed by atoms with Crippen molar-refractivity contribution in [1.82, 2.24) is 0 Å². The van der Waals surface area contributed by atoms with Crippen LogP contribution < -0.4 is 0 Å². The first-order valence-electron chi connectivity index (χ1n) is 8.57. The average molecular weight is 302 g/mol. The Morgan fingerprint density at radius 3 is 2.22 bits per heavy atom. The molecule has 0 aliphatic heterocycles. The summed E-state index contributed by atoms with van der Waals surface area (Å²) in [4.78, 5) is 0. The van der Waals surface area contributed by atoms with Crippen LogP contribution in [-0.4, -0.2) is 5.11 Å². The number of rotatable bonds is 2. The minimum absolute atomic E-state index is 0.666. The van der Waals surface area contributed by atoms with Gasteiger partial charge in [-0.2, -0.15) is 0 Å². The van der Waals surface area contributed by atoms with Crippen molar-refractivity contribution in [1.29, 1.82) is 0 Å². The zero-order chi connectivity index (χ0) is 15.7. The zero-order valence-corrected chi connectivity index (χ0v) is 13.3. The van der Waals surface area contributed by atoms with E-state index in [1.807, 2.05) is 6.07 Å². The molecule has 0 unspecified atom stereocenters. The van der Waals surface area contributed by atoms with Crippen LogP contribution in [0.3, 0.4) is 0 Å². The Balaban J connectivity index is 1.84. The minimum atomic E-state index is -0.666. The van der Waals surface area contributed by atoms with Crippen molar-refractivity contribution in [3.05, 3.63) is 72.3 Å². The van der Waals surface area contributed by atoms with Gasteiger partial charge in [-0.05, 0) is 46.4 Å². The number of hydrogen-bond acceptors (Lipinski definition) is 1. The molecule has 3 aromatic carbocycles. The van der Waals surface area contributed by atoms with E-state index >= 15 is 0 Å². The summed E-state index contributed by atoms with van der Waals surface area (Å²) in [5.41, 5.74) is 2.79. The van der Waals surface area contributed by atoms with Crippen molar-refractivity contribution in [3.63, 3.8) is 0 Å². The van der Waals surface area contributed by atoms with Gasteiger partial charge >= 0.3 is 0 Å². The van der Waals surface area contributed by atoms with Gasteiger partial charge in [0.2, 0.25) is 0 Å². The molecule has 0 spiro atoms. The van der Waals surface area contributed by atoms with E-state index in [2.05, 4.69) is 60.7 Å². The summed E-state index contributed by atoms with van der Waals surface area (Å²) >= 11 is 0. The molecule has 1 aliphatic rings. The molecule has 0 amide bonds. The molecule has 1 nitrogen and oxygen atoms in total. The summed E-state index contributed by atoms with van der Waals surface area (Å²) in [7, 11) is 0. The number of aliphatic hydroxyl groups is 1. The van der Waals surface area contributed by atoms with Crippen molar-refractivity contribution >= 4 is 10.8 Å². The van der Waals surface area contributed by atoms with E-state index in [9.17, 15) is 5.11 Å². The van der Waals surface area contributed by atoms with Crippen molar-refractivity contribution in [3.8, 4) is 11.1 Å². The Morgan fingerprint density at radius 2 is 1.39 bits per heavy atom. The first-order valence-corrected chi connectivity index (χ1v) is 8.57. The Labute approximate surface area is 137 Å². The molecular formula is C22H22O. The highest BCUT2D eigenvalue weighted by molar-refractivity contribution is 5.87. The molecule has 0 aromatic heterocycles. The van der Waals surface area contributed by atoms with Gasteiger partial charge in [-0.1, -0.05) is 79.9 Å². The first kappa shape index (κ1) is 14.5. The molecular weight excluding hydrogens is 280 g/mol. The van der Waals surface area contributed by atoms with Crippen LogP contribution in [0.2, 0.25) is 0 Å². The lowest BCUT2D eigenvalue weighted by Crippen LogP contribution is -2.29. The summed E-state index contributed by atoms with van der Waals surface area (Å²) in [6.45, 7) is 0. The van der Waals surface area contributed by atoms with E-state index < -0.39 is 5.60 Å². The molecule has 4 rings (SSSR count). The molecule has 0 saturated heterocycles. The lowest BCUT2D eigenvalue weighted by atomic mass is 9.77. The van der Waals surface area contributed by atoms with Crippen LogP contribution in [0.15, 0.2) is 66.7 Å². The highest BCUT2D eigenvalue weighted by Gasteiger charge is 2.33. The summed E-state index contributed by atoms with van der Waals surface area (Å²) < 4.78 is 0. The molecule has 1 N–H and O–H groups in total. The fraction of sp³-hybridized carbons (Fsp3) is 0.273. The highest BCUT2D eigenvalue weighted by Crippen LogP contribution is 2.41. The van der Waals surface area contributed by atoms with Crippen LogP contribution in [0.1, 0.15) is 37.7 Å². The minimum Gasteiger partial charge on any atom is -0.385 e. The number of fused-ring (bicyclic) bond motifs is 1. The van der Waals surface area contributed by atoms with Gasteiger partial charge < -0.3 is 5.11 Å². The van der Waals surface area contributed by atoms with Crippen LogP contribution in [-0.2, 0) is 5.60 Å². The third kappa shape index (κ3) is 2.66. The van der Waals surface area contributed by atoms with E-state index in [0.29, 0.717) is 0 Å². The SMILES string of the molecule is OC1(c2ccccc2-c2ccc3ccccc3c2)CCCCC1. The van der Waals surface area contributed by atoms with Crippen LogP contribution in [0, 0.1) is 0 Å². The monoisotopic (exact) mass is 302 g/mol. The van der Waals surface area contributed by atoms with Crippen LogP contribution in [0.25, 0.3) is 21.9 Å². The molecule has 23 heavy (non-hydrogen) atoms. The van der Waals surface area contributed by atoms with Gasteiger partial charge in [-0.3, -0.25) is 0 Å². The Hall–Kier alpha value is -2.12. The highest BCUT2D eigenvalue weighted by atomic mass is 16.3. The van der Waals surface area contributed by atoms with Crippen LogP contribution in [0.5, 0.6) is 0 Å². The second kappa shape index (κ2) is 5.82. The molecule has 1 fully saturated rings. The predicted octanol–water partition coefficient (Wildman–Crippen LogP) is 5.66. The summed E-state index contributed by atoms with van der Waals surface area (Å²) in [6.07, 6.45) is 5.21. The lowest BCUT2D eigenvalue weighted by molar-refractivity contribution is -0.0000929. The van der Waals surface area contributed by atoms with Crippen LogP contribution in [0.4, 0.5) is 0 Å².